The number of nitrogens with zero attached hydrogens (tertiary/aromatic N) is 2. The summed E-state index contributed by atoms with van der Waals surface area (Å²) in [4.78, 5) is 31.2. The zero-order valence-electron chi connectivity index (χ0n) is 9.93. The van der Waals surface area contributed by atoms with Crippen LogP contribution in [0, 0.1) is 0 Å². The molecule has 2 aromatic heterocycles. The Bertz CT molecular complexity index is 878. The Hall–Kier alpha value is -2.04. The van der Waals surface area contributed by atoms with Crippen molar-refractivity contribution in [3.8, 4) is 0 Å². The summed E-state index contributed by atoms with van der Waals surface area (Å²) in [5.41, 5.74) is 0.985. The van der Waals surface area contributed by atoms with Gasteiger partial charge in [0, 0.05) is 17.0 Å². The monoisotopic (exact) mass is 304 g/mol. The van der Waals surface area contributed by atoms with E-state index >= 15 is 0 Å². The lowest BCUT2D eigenvalue weighted by Gasteiger charge is -2.06. The maximum absolute atomic E-state index is 11.4. The van der Waals surface area contributed by atoms with E-state index in [0.717, 1.165) is 5.39 Å². The Morgan fingerprint density at radius 2 is 1.70 bits per heavy atom. The molecule has 2 heterocycles. The molecule has 0 fully saturated rings. The molecule has 3 aromatic rings. The Morgan fingerprint density at radius 1 is 0.950 bits per heavy atom. The van der Waals surface area contributed by atoms with Gasteiger partial charge < -0.3 is 0 Å². The molecule has 0 aliphatic carbocycles. The summed E-state index contributed by atoms with van der Waals surface area (Å²) in [7, 11) is 0. The van der Waals surface area contributed by atoms with Crippen molar-refractivity contribution in [2.45, 2.75) is 0 Å². The van der Waals surface area contributed by atoms with Gasteiger partial charge in [-0.1, -0.05) is 18.2 Å². The molecule has 0 aliphatic heterocycles. The van der Waals surface area contributed by atoms with Gasteiger partial charge in [-0.2, -0.15) is 0 Å². The largest absolute Gasteiger partial charge is 0.276 e. The van der Waals surface area contributed by atoms with Gasteiger partial charge in [0.05, 0.1) is 16.6 Å². The number of carbonyl (C=O) groups excluding carboxylic acids is 2. The van der Waals surface area contributed by atoms with Gasteiger partial charge in [0.25, 0.3) is 10.5 Å². The van der Waals surface area contributed by atoms with Crippen molar-refractivity contribution >= 4 is 55.5 Å². The van der Waals surface area contributed by atoms with Gasteiger partial charge in [0.2, 0.25) is 0 Å². The molecule has 0 radical (unpaired) electrons. The fraction of sp³-hybridized carbons (Fsp3) is 0. The van der Waals surface area contributed by atoms with E-state index in [1.165, 1.54) is 6.07 Å². The number of fused-ring (bicyclic) bond motifs is 3. The van der Waals surface area contributed by atoms with Crippen LogP contribution in [0.2, 0.25) is 0 Å². The number of benzene rings is 1. The third kappa shape index (κ3) is 2.03. The highest BCUT2D eigenvalue weighted by Crippen LogP contribution is 2.25. The van der Waals surface area contributed by atoms with Crippen LogP contribution in [0.25, 0.3) is 21.8 Å². The Morgan fingerprint density at radius 3 is 2.40 bits per heavy atom. The Labute approximate surface area is 123 Å². The van der Waals surface area contributed by atoms with Gasteiger partial charge >= 0.3 is 0 Å². The molecule has 0 saturated heterocycles. The standard InChI is InChI=1S/C14H6Cl2N2O2/c15-13(19)9-6-8-4-3-7-2-1-5-17-10(7)11(8)18-12(9)14(16)20/h1-6H. The minimum Gasteiger partial charge on any atom is -0.276 e. The highest BCUT2D eigenvalue weighted by Gasteiger charge is 2.18. The van der Waals surface area contributed by atoms with Crippen LogP contribution in [-0.4, -0.2) is 20.5 Å². The molecule has 0 saturated carbocycles. The number of rotatable bonds is 2. The summed E-state index contributed by atoms with van der Waals surface area (Å²) >= 11 is 10.9. The maximum atomic E-state index is 11.4. The van der Waals surface area contributed by atoms with Gasteiger partial charge in [-0.15, -0.1) is 0 Å². The van der Waals surface area contributed by atoms with Crippen LogP contribution in [0.15, 0.2) is 36.5 Å². The van der Waals surface area contributed by atoms with Crippen LogP contribution < -0.4 is 0 Å². The average Bonchev–Trinajstić information content (AvgIpc) is 2.45. The minimum atomic E-state index is -0.830. The SMILES string of the molecule is O=C(Cl)c1cc2ccc3cccnc3c2nc1C(=O)Cl. The third-order valence-electron chi connectivity index (χ3n) is 2.96. The molecule has 98 valence electrons. The van der Waals surface area contributed by atoms with Gasteiger partial charge in [-0.3, -0.25) is 14.6 Å². The second-order valence-corrected chi connectivity index (χ2v) is 4.83. The van der Waals surface area contributed by atoms with Crippen molar-refractivity contribution in [2.24, 2.45) is 0 Å². The summed E-state index contributed by atoms with van der Waals surface area (Å²) in [5, 5.41) is -0.0550. The molecule has 0 bridgehead atoms. The van der Waals surface area contributed by atoms with E-state index in [4.69, 9.17) is 23.2 Å². The van der Waals surface area contributed by atoms with E-state index in [1.807, 2.05) is 12.1 Å². The molecule has 0 spiro atoms. The van der Waals surface area contributed by atoms with Gasteiger partial charge in [0.1, 0.15) is 5.69 Å². The van der Waals surface area contributed by atoms with E-state index < -0.39 is 10.5 Å². The third-order valence-corrected chi connectivity index (χ3v) is 3.34. The topological polar surface area (TPSA) is 59.9 Å². The molecule has 3 rings (SSSR count). The fourth-order valence-electron chi connectivity index (χ4n) is 2.07. The van der Waals surface area contributed by atoms with Gasteiger partial charge in [0.15, 0.2) is 0 Å². The van der Waals surface area contributed by atoms with Crippen LogP contribution in [0.3, 0.4) is 0 Å². The molecular formula is C14H6Cl2N2O2. The fourth-order valence-corrected chi connectivity index (χ4v) is 2.36. The minimum absolute atomic E-state index is 0.00514. The first-order valence-electron chi connectivity index (χ1n) is 5.66. The van der Waals surface area contributed by atoms with Gasteiger partial charge in [-0.05, 0) is 35.3 Å². The van der Waals surface area contributed by atoms with Crippen LogP contribution in [0.4, 0.5) is 0 Å². The van der Waals surface area contributed by atoms with Crippen molar-refractivity contribution in [1.29, 1.82) is 0 Å². The Kier molecular flexibility index (Phi) is 3.12. The summed E-state index contributed by atoms with van der Waals surface area (Å²) in [6.45, 7) is 0. The van der Waals surface area contributed by atoms with Crippen molar-refractivity contribution in [3.63, 3.8) is 0 Å². The molecule has 4 nitrogen and oxygen atoms in total. The average molecular weight is 305 g/mol. The summed E-state index contributed by atoms with van der Waals surface area (Å²) < 4.78 is 0. The van der Waals surface area contributed by atoms with Gasteiger partial charge in [-0.25, -0.2) is 4.98 Å². The maximum Gasteiger partial charge on any atom is 0.271 e. The van der Waals surface area contributed by atoms with E-state index in [1.54, 1.807) is 18.3 Å². The van der Waals surface area contributed by atoms with Crippen molar-refractivity contribution in [3.05, 3.63) is 47.8 Å². The lowest BCUT2D eigenvalue weighted by Crippen LogP contribution is -2.05. The summed E-state index contributed by atoms with van der Waals surface area (Å²) in [6, 6.07) is 8.83. The predicted octanol–water partition coefficient (Wildman–Crippen LogP) is 3.54. The molecule has 0 N–H and O–H groups in total. The molecule has 0 aliphatic rings. The first-order valence-corrected chi connectivity index (χ1v) is 6.41. The number of hydrogen-bond donors (Lipinski definition) is 0. The molecule has 0 atom stereocenters. The number of carbonyl (C=O) groups is 2. The number of pyridine rings is 2. The van der Waals surface area contributed by atoms with Crippen LogP contribution in [-0.2, 0) is 0 Å². The highest BCUT2D eigenvalue weighted by atomic mass is 35.5. The Balaban J connectivity index is 2.48. The van der Waals surface area contributed by atoms with Crippen LogP contribution >= 0.6 is 23.2 Å². The molecule has 1 aromatic carbocycles. The molecule has 0 amide bonds. The van der Waals surface area contributed by atoms with Crippen LogP contribution in [0.5, 0.6) is 0 Å². The quantitative estimate of drug-likeness (QED) is 0.536. The smallest absolute Gasteiger partial charge is 0.271 e. The first-order chi connectivity index (χ1) is 9.58. The second kappa shape index (κ2) is 4.81. The lowest BCUT2D eigenvalue weighted by atomic mass is 10.1. The normalized spacial score (nSPS) is 10.9. The van der Waals surface area contributed by atoms with E-state index in [0.29, 0.717) is 16.4 Å². The zero-order chi connectivity index (χ0) is 14.3. The second-order valence-electron chi connectivity index (χ2n) is 4.14. The number of aromatic nitrogens is 2. The van der Waals surface area contributed by atoms with E-state index in [9.17, 15) is 9.59 Å². The van der Waals surface area contributed by atoms with E-state index in [-0.39, 0.29) is 11.3 Å². The number of halogens is 2. The lowest BCUT2D eigenvalue weighted by molar-refractivity contribution is 0.104. The van der Waals surface area contributed by atoms with Crippen molar-refractivity contribution < 1.29 is 9.59 Å². The summed E-state index contributed by atoms with van der Waals surface area (Å²) in [6.07, 6.45) is 1.63. The molecular weight excluding hydrogens is 299 g/mol. The van der Waals surface area contributed by atoms with E-state index in [2.05, 4.69) is 9.97 Å². The first kappa shape index (κ1) is 13.0. The summed E-state index contributed by atoms with van der Waals surface area (Å²) in [5.74, 6) is 0. The highest BCUT2D eigenvalue weighted by molar-refractivity contribution is 6.71. The van der Waals surface area contributed by atoms with Crippen molar-refractivity contribution in [2.75, 3.05) is 0 Å². The number of hydrogen-bond acceptors (Lipinski definition) is 4. The molecule has 0 unspecified atom stereocenters. The molecule has 20 heavy (non-hydrogen) atoms. The molecule has 6 heteroatoms. The van der Waals surface area contributed by atoms with Crippen molar-refractivity contribution in [1.82, 2.24) is 9.97 Å². The zero-order valence-corrected chi connectivity index (χ0v) is 11.4. The predicted molar refractivity (Wildman–Crippen MR) is 77.4 cm³/mol. The van der Waals surface area contributed by atoms with Crippen LogP contribution in [0.1, 0.15) is 20.8 Å².